The molecule has 2 aromatic rings. The molecular formula is C18H16F3NO2. The van der Waals surface area contributed by atoms with Gasteiger partial charge in [0.1, 0.15) is 5.75 Å². The van der Waals surface area contributed by atoms with Gasteiger partial charge in [-0.25, -0.2) is 0 Å². The van der Waals surface area contributed by atoms with Crippen molar-refractivity contribution in [3.63, 3.8) is 0 Å². The molecule has 0 aromatic heterocycles. The van der Waals surface area contributed by atoms with Gasteiger partial charge in [-0.15, -0.1) is 0 Å². The fourth-order valence-electron chi connectivity index (χ4n) is 1.99. The summed E-state index contributed by atoms with van der Waals surface area (Å²) in [6.07, 6.45) is -1.45. The third-order valence-electron chi connectivity index (χ3n) is 3.26. The first kappa shape index (κ1) is 17.6. The zero-order valence-corrected chi connectivity index (χ0v) is 12.9. The van der Waals surface area contributed by atoms with Crippen LogP contribution in [0.4, 0.5) is 13.2 Å². The van der Waals surface area contributed by atoms with Crippen LogP contribution >= 0.6 is 0 Å². The Morgan fingerprint density at radius 2 is 1.88 bits per heavy atom. The second-order valence-electron chi connectivity index (χ2n) is 5.02. The molecule has 2 rings (SSSR count). The van der Waals surface area contributed by atoms with Crippen LogP contribution in [0.25, 0.3) is 6.08 Å². The van der Waals surface area contributed by atoms with E-state index in [1.54, 1.807) is 37.5 Å². The van der Waals surface area contributed by atoms with E-state index in [9.17, 15) is 18.0 Å². The summed E-state index contributed by atoms with van der Waals surface area (Å²) in [5.74, 6) is 0.323. The van der Waals surface area contributed by atoms with Gasteiger partial charge in [0.05, 0.1) is 12.7 Å². The highest BCUT2D eigenvalue weighted by Gasteiger charge is 2.30. The van der Waals surface area contributed by atoms with Crippen molar-refractivity contribution < 1.29 is 22.7 Å². The third-order valence-corrected chi connectivity index (χ3v) is 3.26. The van der Waals surface area contributed by atoms with E-state index in [-0.39, 0.29) is 12.5 Å². The molecule has 0 saturated carbocycles. The first-order valence-corrected chi connectivity index (χ1v) is 7.14. The van der Waals surface area contributed by atoms with Crippen molar-refractivity contribution in [1.82, 2.24) is 5.32 Å². The van der Waals surface area contributed by atoms with Gasteiger partial charge in [-0.3, -0.25) is 4.79 Å². The molecule has 0 fully saturated rings. The van der Waals surface area contributed by atoms with Gasteiger partial charge in [-0.05, 0) is 41.5 Å². The number of nitrogens with one attached hydrogen (secondary N) is 1. The minimum absolute atomic E-state index is 0.0235. The van der Waals surface area contributed by atoms with Gasteiger partial charge in [0.2, 0.25) is 5.91 Å². The topological polar surface area (TPSA) is 38.3 Å². The Hall–Kier alpha value is -2.76. The van der Waals surface area contributed by atoms with Gasteiger partial charge in [0.25, 0.3) is 0 Å². The molecule has 1 N–H and O–H groups in total. The lowest BCUT2D eigenvalue weighted by molar-refractivity contribution is -0.137. The number of hydrogen-bond acceptors (Lipinski definition) is 2. The lowest BCUT2D eigenvalue weighted by atomic mass is 10.1. The summed E-state index contributed by atoms with van der Waals surface area (Å²) in [5.41, 5.74) is 0.462. The predicted molar refractivity (Wildman–Crippen MR) is 85.3 cm³/mol. The number of alkyl halides is 3. The summed E-state index contributed by atoms with van der Waals surface area (Å²) in [6.45, 7) is 0.0235. The maximum Gasteiger partial charge on any atom is 0.416 e. The van der Waals surface area contributed by atoms with Gasteiger partial charge < -0.3 is 10.1 Å². The summed E-state index contributed by atoms with van der Waals surface area (Å²) >= 11 is 0. The number of amides is 1. The average Bonchev–Trinajstić information content (AvgIpc) is 2.58. The van der Waals surface area contributed by atoms with Gasteiger partial charge in [0, 0.05) is 12.6 Å². The number of ether oxygens (including phenoxy) is 1. The maximum atomic E-state index is 12.6. The molecule has 0 bridgehead atoms. The first-order valence-electron chi connectivity index (χ1n) is 7.14. The maximum absolute atomic E-state index is 12.6. The van der Waals surface area contributed by atoms with Gasteiger partial charge in [0.15, 0.2) is 0 Å². The summed E-state index contributed by atoms with van der Waals surface area (Å²) < 4.78 is 42.9. The molecule has 0 aliphatic carbocycles. The van der Waals surface area contributed by atoms with E-state index in [1.807, 2.05) is 0 Å². The van der Waals surface area contributed by atoms with E-state index in [4.69, 9.17) is 4.74 Å². The fraction of sp³-hybridized carbons (Fsp3) is 0.167. The highest BCUT2D eigenvalue weighted by atomic mass is 19.4. The van der Waals surface area contributed by atoms with Crippen molar-refractivity contribution in [2.45, 2.75) is 12.7 Å². The van der Waals surface area contributed by atoms with Crippen LogP contribution in [0.1, 0.15) is 16.7 Å². The highest BCUT2D eigenvalue weighted by molar-refractivity contribution is 5.91. The molecule has 24 heavy (non-hydrogen) atoms. The number of halogens is 3. The Balaban J connectivity index is 1.92. The number of hydrogen-bond donors (Lipinski definition) is 1. The minimum atomic E-state index is -4.39. The zero-order chi connectivity index (χ0) is 17.6. The molecule has 0 spiro atoms. The van der Waals surface area contributed by atoms with Crippen molar-refractivity contribution in [3.8, 4) is 5.75 Å². The molecule has 0 aliphatic rings. The molecule has 3 nitrogen and oxygen atoms in total. The first-order chi connectivity index (χ1) is 11.4. The van der Waals surface area contributed by atoms with Crippen LogP contribution < -0.4 is 10.1 Å². The Morgan fingerprint density at radius 1 is 1.17 bits per heavy atom. The molecular weight excluding hydrogens is 319 g/mol. The molecule has 0 unspecified atom stereocenters. The quantitative estimate of drug-likeness (QED) is 0.838. The molecule has 0 radical (unpaired) electrons. The van der Waals surface area contributed by atoms with E-state index >= 15 is 0 Å². The molecule has 0 aliphatic heterocycles. The number of methoxy groups -OCH3 is 1. The molecule has 2 aromatic carbocycles. The summed E-state index contributed by atoms with van der Waals surface area (Å²) in [6, 6.07) is 12.0. The van der Waals surface area contributed by atoms with Gasteiger partial charge in [-0.2, -0.15) is 13.2 Å². The van der Waals surface area contributed by atoms with Crippen LogP contribution in [0.2, 0.25) is 0 Å². The van der Waals surface area contributed by atoms with Crippen molar-refractivity contribution in [1.29, 1.82) is 0 Å². The monoisotopic (exact) mass is 335 g/mol. The minimum Gasteiger partial charge on any atom is -0.497 e. The smallest absolute Gasteiger partial charge is 0.416 e. The van der Waals surface area contributed by atoms with E-state index in [0.717, 1.165) is 17.7 Å². The fourth-order valence-corrected chi connectivity index (χ4v) is 1.99. The van der Waals surface area contributed by atoms with E-state index in [0.29, 0.717) is 11.3 Å². The van der Waals surface area contributed by atoms with Gasteiger partial charge in [-0.1, -0.05) is 24.3 Å². The predicted octanol–water partition coefficient (Wildman–Crippen LogP) is 4.04. The summed E-state index contributed by atoms with van der Waals surface area (Å²) in [4.78, 5) is 11.7. The van der Waals surface area contributed by atoms with Crippen LogP contribution in [0.5, 0.6) is 5.75 Å². The second kappa shape index (κ2) is 7.68. The second-order valence-corrected chi connectivity index (χ2v) is 5.02. The highest BCUT2D eigenvalue weighted by Crippen LogP contribution is 2.29. The van der Waals surface area contributed by atoms with Crippen LogP contribution in [0, 0.1) is 0 Å². The van der Waals surface area contributed by atoms with Crippen LogP contribution in [-0.2, 0) is 17.5 Å². The Kier molecular flexibility index (Phi) is 5.63. The molecule has 0 atom stereocenters. The normalized spacial score (nSPS) is 11.5. The van der Waals surface area contributed by atoms with Crippen molar-refractivity contribution in [3.05, 3.63) is 71.3 Å². The SMILES string of the molecule is COc1ccc(C=CC(=O)NCc2cccc(C(F)(F)F)c2)cc1. The van der Waals surface area contributed by atoms with Crippen LogP contribution in [-0.4, -0.2) is 13.0 Å². The van der Waals surface area contributed by atoms with Crippen molar-refractivity contribution in [2.75, 3.05) is 7.11 Å². The Morgan fingerprint density at radius 3 is 2.50 bits per heavy atom. The number of carbonyl (C=O) groups excluding carboxylic acids is 1. The van der Waals surface area contributed by atoms with Crippen LogP contribution in [0.3, 0.4) is 0 Å². The lowest BCUT2D eigenvalue weighted by Gasteiger charge is -2.09. The number of benzene rings is 2. The Bertz CT molecular complexity index is 722. The Labute approximate surface area is 137 Å². The number of rotatable bonds is 5. The number of carbonyl (C=O) groups is 1. The summed E-state index contributed by atoms with van der Waals surface area (Å²) in [5, 5.41) is 2.55. The van der Waals surface area contributed by atoms with Crippen molar-refractivity contribution in [2.24, 2.45) is 0 Å². The largest absolute Gasteiger partial charge is 0.497 e. The van der Waals surface area contributed by atoms with E-state index < -0.39 is 11.7 Å². The molecule has 0 heterocycles. The van der Waals surface area contributed by atoms with Crippen molar-refractivity contribution >= 4 is 12.0 Å². The average molecular weight is 335 g/mol. The molecule has 1 amide bonds. The molecule has 0 saturated heterocycles. The summed E-state index contributed by atoms with van der Waals surface area (Å²) in [7, 11) is 1.56. The van der Waals surface area contributed by atoms with Gasteiger partial charge >= 0.3 is 6.18 Å². The lowest BCUT2D eigenvalue weighted by Crippen LogP contribution is -2.20. The van der Waals surface area contributed by atoms with Crippen LogP contribution in [0.15, 0.2) is 54.6 Å². The molecule has 126 valence electrons. The van der Waals surface area contributed by atoms with E-state index in [1.165, 1.54) is 18.2 Å². The molecule has 6 heteroatoms. The third kappa shape index (κ3) is 5.15. The standard InChI is InChI=1S/C18H16F3NO2/c1-24-16-8-5-13(6-9-16)7-10-17(23)22-12-14-3-2-4-15(11-14)18(19,20)21/h2-11H,12H2,1H3,(H,22,23). The van der Waals surface area contributed by atoms with E-state index in [2.05, 4.69) is 5.32 Å². The zero-order valence-electron chi connectivity index (χ0n) is 12.9.